The van der Waals surface area contributed by atoms with Crippen molar-refractivity contribution in [3.63, 3.8) is 0 Å². The summed E-state index contributed by atoms with van der Waals surface area (Å²) >= 11 is 0. The van der Waals surface area contributed by atoms with Crippen LogP contribution in [0.4, 0.5) is 0 Å². The highest BCUT2D eigenvalue weighted by atomic mass is 16.5. The van der Waals surface area contributed by atoms with Crippen LogP contribution < -0.4 is 5.32 Å². The van der Waals surface area contributed by atoms with Crippen molar-refractivity contribution in [2.45, 2.75) is 26.4 Å². The summed E-state index contributed by atoms with van der Waals surface area (Å²) in [7, 11) is 0. The number of ether oxygens (including phenoxy) is 1. The number of phenols is 1. The van der Waals surface area contributed by atoms with Crippen LogP contribution in [0.1, 0.15) is 23.1 Å². The molecule has 2 saturated heterocycles. The fraction of sp³-hybridized carbons (Fsp3) is 0.500. The fourth-order valence-corrected chi connectivity index (χ4v) is 4.80. The van der Waals surface area contributed by atoms with Gasteiger partial charge in [-0.2, -0.15) is 0 Å². The third-order valence-corrected chi connectivity index (χ3v) is 6.53. The number of benzene rings is 2. The number of rotatable bonds is 7. The van der Waals surface area contributed by atoms with E-state index < -0.39 is 0 Å². The number of carbonyl (C=O) groups is 1. The molecule has 2 N–H and O–H groups in total. The molecule has 2 atom stereocenters. The largest absolute Gasteiger partial charge is 0.508 e. The number of aryl methyl sites for hydroxylation is 1. The minimum Gasteiger partial charge on any atom is -0.508 e. The standard InChI is InChI=1S/C26H35N3O3/c1-20-2-4-21(5-3-20)15-27-26(31)24-14-23(17-28-10-12-32-13-11-28)18-29(19-24)16-22-6-8-25(30)9-7-22/h2-9,23-24,30H,10-19H2,1H3,(H,27,31)/t23-,24-/m1/s1. The zero-order valence-corrected chi connectivity index (χ0v) is 19.0. The van der Waals surface area contributed by atoms with Crippen LogP contribution in [0.3, 0.4) is 0 Å². The molecule has 2 aromatic rings. The summed E-state index contributed by atoms with van der Waals surface area (Å²) in [6.45, 7) is 9.73. The van der Waals surface area contributed by atoms with Crippen molar-refractivity contribution in [3.05, 3.63) is 65.2 Å². The molecule has 2 aliphatic heterocycles. The lowest BCUT2D eigenvalue weighted by molar-refractivity contribution is -0.128. The first kappa shape index (κ1) is 22.8. The predicted octanol–water partition coefficient (Wildman–Crippen LogP) is 2.79. The molecule has 0 saturated carbocycles. The van der Waals surface area contributed by atoms with Crippen molar-refractivity contribution < 1.29 is 14.6 Å². The normalized spacial score (nSPS) is 22.5. The van der Waals surface area contributed by atoms with Crippen molar-refractivity contribution in [1.29, 1.82) is 0 Å². The average Bonchev–Trinajstić information content (AvgIpc) is 2.80. The van der Waals surface area contributed by atoms with E-state index in [-0.39, 0.29) is 17.6 Å². The highest BCUT2D eigenvalue weighted by Gasteiger charge is 2.32. The van der Waals surface area contributed by atoms with Gasteiger partial charge in [-0.1, -0.05) is 42.0 Å². The molecule has 6 nitrogen and oxygen atoms in total. The Bertz CT molecular complexity index is 863. The molecule has 4 rings (SSSR count). The van der Waals surface area contributed by atoms with Crippen molar-refractivity contribution in [2.24, 2.45) is 11.8 Å². The quantitative estimate of drug-likeness (QED) is 0.697. The van der Waals surface area contributed by atoms with Gasteiger partial charge in [-0.05, 0) is 42.5 Å². The van der Waals surface area contributed by atoms with E-state index in [1.807, 2.05) is 12.1 Å². The monoisotopic (exact) mass is 437 g/mol. The minimum absolute atomic E-state index is 0.0163. The summed E-state index contributed by atoms with van der Waals surface area (Å²) in [6.07, 6.45) is 0.920. The molecule has 2 heterocycles. The number of nitrogens with zero attached hydrogens (tertiary/aromatic N) is 2. The summed E-state index contributed by atoms with van der Waals surface area (Å²) in [6, 6.07) is 15.7. The van der Waals surface area contributed by atoms with Gasteiger partial charge >= 0.3 is 0 Å². The summed E-state index contributed by atoms with van der Waals surface area (Å²) in [5.41, 5.74) is 3.52. The van der Waals surface area contributed by atoms with E-state index in [4.69, 9.17) is 4.74 Å². The van der Waals surface area contributed by atoms with Gasteiger partial charge in [0, 0.05) is 45.8 Å². The topological polar surface area (TPSA) is 65.0 Å². The number of morpholine rings is 1. The Labute approximate surface area is 191 Å². The molecule has 2 aliphatic rings. The lowest BCUT2D eigenvalue weighted by Gasteiger charge is -2.40. The number of amides is 1. The molecule has 2 fully saturated rings. The fourth-order valence-electron chi connectivity index (χ4n) is 4.80. The van der Waals surface area contributed by atoms with Crippen LogP contribution in [0, 0.1) is 18.8 Å². The van der Waals surface area contributed by atoms with Crippen molar-refractivity contribution in [1.82, 2.24) is 15.1 Å². The van der Waals surface area contributed by atoms with Crippen LogP contribution in [-0.4, -0.2) is 66.8 Å². The summed E-state index contributed by atoms with van der Waals surface area (Å²) in [5.74, 6) is 0.866. The van der Waals surface area contributed by atoms with Crippen LogP contribution in [0.5, 0.6) is 5.75 Å². The maximum atomic E-state index is 13.1. The Morgan fingerprint density at radius 2 is 1.69 bits per heavy atom. The Balaban J connectivity index is 1.39. The highest BCUT2D eigenvalue weighted by molar-refractivity contribution is 5.79. The van der Waals surface area contributed by atoms with Gasteiger partial charge in [0.15, 0.2) is 0 Å². The van der Waals surface area contributed by atoms with E-state index in [0.29, 0.717) is 12.5 Å². The Morgan fingerprint density at radius 3 is 2.41 bits per heavy atom. The molecule has 172 valence electrons. The number of likely N-dealkylation sites (tertiary alicyclic amines) is 1. The average molecular weight is 438 g/mol. The first-order valence-electron chi connectivity index (χ1n) is 11.7. The van der Waals surface area contributed by atoms with Gasteiger partial charge in [0.1, 0.15) is 5.75 Å². The molecule has 0 spiro atoms. The molecule has 0 bridgehead atoms. The van der Waals surface area contributed by atoms with Gasteiger partial charge in [-0.15, -0.1) is 0 Å². The number of phenolic OH excluding ortho intramolecular Hbond substituents is 1. The van der Waals surface area contributed by atoms with Gasteiger partial charge in [-0.25, -0.2) is 0 Å². The molecule has 0 aliphatic carbocycles. The van der Waals surface area contributed by atoms with Crippen LogP contribution in [0.15, 0.2) is 48.5 Å². The van der Waals surface area contributed by atoms with Gasteiger partial charge in [0.05, 0.1) is 19.1 Å². The third kappa shape index (κ3) is 6.55. The lowest BCUT2D eigenvalue weighted by Crippen LogP contribution is -2.49. The second-order valence-electron chi connectivity index (χ2n) is 9.28. The SMILES string of the molecule is Cc1ccc(CNC(=O)[C@@H]2C[C@H](CN3CCOCC3)CN(Cc3ccc(O)cc3)C2)cc1. The zero-order chi connectivity index (χ0) is 22.3. The maximum Gasteiger partial charge on any atom is 0.224 e. The number of nitrogens with one attached hydrogen (secondary N) is 1. The summed E-state index contributed by atoms with van der Waals surface area (Å²) in [4.78, 5) is 18.0. The maximum absolute atomic E-state index is 13.1. The minimum atomic E-state index is -0.0163. The smallest absolute Gasteiger partial charge is 0.224 e. The second-order valence-corrected chi connectivity index (χ2v) is 9.28. The summed E-state index contributed by atoms with van der Waals surface area (Å²) in [5, 5.41) is 12.8. The van der Waals surface area contributed by atoms with Gasteiger partial charge < -0.3 is 15.2 Å². The van der Waals surface area contributed by atoms with E-state index in [9.17, 15) is 9.90 Å². The number of hydrogen-bond donors (Lipinski definition) is 2. The molecular formula is C26H35N3O3. The number of hydrogen-bond acceptors (Lipinski definition) is 5. The first-order chi connectivity index (χ1) is 15.5. The molecule has 6 heteroatoms. The third-order valence-electron chi connectivity index (χ3n) is 6.53. The van der Waals surface area contributed by atoms with E-state index in [1.165, 1.54) is 5.56 Å². The molecule has 32 heavy (non-hydrogen) atoms. The molecular weight excluding hydrogens is 402 g/mol. The van der Waals surface area contributed by atoms with E-state index >= 15 is 0 Å². The predicted molar refractivity (Wildman–Crippen MR) is 125 cm³/mol. The lowest BCUT2D eigenvalue weighted by atomic mass is 9.87. The van der Waals surface area contributed by atoms with Crippen LogP contribution >= 0.6 is 0 Å². The molecule has 0 radical (unpaired) electrons. The number of piperidine rings is 1. The Morgan fingerprint density at radius 1 is 1.00 bits per heavy atom. The summed E-state index contributed by atoms with van der Waals surface area (Å²) < 4.78 is 5.50. The van der Waals surface area contributed by atoms with Crippen molar-refractivity contribution >= 4 is 5.91 Å². The molecule has 1 amide bonds. The number of aromatic hydroxyl groups is 1. The highest BCUT2D eigenvalue weighted by Crippen LogP contribution is 2.25. The number of carbonyl (C=O) groups excluding carboxylic acids is 1. The van der Waals surface area contributed by atoms with Crippen molar-refractivity contribution in [3.8, 4) is 5.75 Å². The van der Waals surface area contributed by atoms with E-state index in [2.05, 4.69) is 46.3 Å². The van der Waals surface area contributed by atoms with Crippen molar-refractivity contribution in [2.75, 3.05) is 45.9 Å². The zero-order valence-electron chi connectivity index (χ0n) is 19.0. The molecule has 0 aromatic heterocycles. The first-order valence-corrected chi connectivity index (χ1v) is 11.7. The second kappa shape index (κ2) is 10.9. The van der Waals surface area contributed by atoms with Crippen LogP contribution in [-0.2, 0) is 22.6 Å². The van der Waals surface area contributed by atoms with Gasteiger partial charge in [0.2, 0.25) is 5.91 Å². The molecule has 0 unspecified atom stereocenters. The van der Waals surface area contributed by atoms with E-state index in [0.717, 1.165) is 70.0 Å². The van der Waals surface area contributed by atoms with Gasteiger partial charge in [0.25, 0.3) is 0 Å². The Hall–Kier alpha value is -2.41. The molecule has 2 aromatic carbocycles. The van der Waals surface area contributed by atoms with E-state index in [1.54, 1.807) is 12.1 Å². The Kier molecular flexibility index (Phi) is 7.79. The van der Waals surface area contributed by atoms with Gasteiger partial charge in [-0.3, -0.25) is 14.6 Å². The van der Waals surface area contributed by atoms with Crippen LogP contribution in [0.25, 0.3) is 0 Å². The van der Waals surface area contributed by atoms with Crippen LogP contribution in [0.2, 0.25) is 0 Å².